The Morgan fingerprint density at radius 2 is 2.15 bits per heavy atom. The molecule has 2 rings (SSSR count). The molecule has 20 heavy (non-hydrogen) atoms. The fraction of sp³-hybridized carbons (Fsp3) is 0.467. The van der Waals surface area contributed by atoms with Gasteiger partial charge in [0.15, 0.2) is 0 Å². The van der Waals surface area contributed by atoms with Gasteiger partial charge in [-0.05, 0) is 25.3 Å². The van der Waals surface area contributed by atoms with Crippen LogP contribution < -0.4 is 16.0 Å². The SMILES string of the molecule is CC(CCc1ccccc1)NC(=O)C1CNC(=O)CN1. The topological polar surface area (TPSA) is 70.2 Å². The second-order valence-corrected chi connectivity index (χ2v) is 5.17. The van der Waals surface area contributed by atoms with Crippen molar-refractivity contribution in [3.63, 3.8) is 0 Å². The Kier molecular flexibility index (Phi) is 5.12. The fourth-order valence-electron chi connectivity index (χ4n) is 2.20. The minimum absolute atomic E-state index is 0.0504. The summed E-state index contributed by atoms with van der Waals surface area (Å²) in [5.74, 6) is -0.114. The molecule has 108 valence electrons. The van der Waals surface area contributed by atoms with E-state index in [4.69, 9.17) is 0 Å². The van der Waals surface area contributed by atoms with Crippen LogP contribution in [0.4, 0.5) is 0 Å². The quantitative estimate of drug-likeness (QED) is 0.719. The Bertz CT molecular complexity index is 451. The number of carbonyl (C=O) groups is 2. The van der Waals surface area contributed by atoms with Gasteiger partial charge in [0.05, 0.1) is 6.54 Å². The predicted octanol–water partition coefficient (Wildman–Crippen LogP) is 0.212. The van der Waals surface area contributed by atoms with E-state index in [9.17, 15) is 9.59 Å². The highest BCUT2D eigenvalue weighted by Crippen LogP contribution is 2.05. The minimum Gasteiger partial charge on any atom is -0.353 e. The molecule has 0 saturated carbocycles. The van der Waals surface area contributed by atoms with Gasteiger partial charge in [-0.2, -0.15) is 0 Å². The van der Waals surface area contributed by atoms with E-state index < -0.39 is 0 Å². The lowest BCUT2D eigenvalue weighted by atomic mass is 10.1. The van der Waals surface area contributed by atoms with Crippen molar-refractivity contribution in [1.29, 1.82) is 0 Å². The van der Waals surface area contributed by atoms with Crippen molar-refractivity contribution in [1.82, 2.24) is 16.0 Å². The summed E-state index contributed by atoms with van der Waals surface area (Å²) in [6.07, 6.45) is 1.84. The van der Waals surface area contributed by atoms with E-state index in [-0.39, 0.29) is 30.4 Å². The molecular weight excluding hydrogens is 254 g/mol. The lowest BCUT2D eigenvalue weighted by Crippen LogP contribution is -2.58. The summed E-state index contributed by atoms with van der Waals surface area (Å²) in [5.41, 5.74) is 1.27. The molecule has 0 spiro atoms. The van der Waals surface area contributed by atoms with Crippen LogP contribution in [0.1, 0.15) is 18.9 Å². The standard InChI is InChI=1S/C15H21N3O2/c1-11(7-8-12-5-3-2-4-6-12)18-15(20)13-9-17-14(19)10-16-13/h2-6,11,13,16H,7-10H2,1H3,(H,17,19)(H,18,20). The Hall–Kier alpha value is -1.88. The van der Waals surface area contributed by atoms with Crippen LogP contribution in [0.5, 0.6) is 0 Å². The molecule has 2 unspecified atom stereocenters. The number of nitrogens with one attached hydrogen (secondary N) is 3. The van der Waals surface area contributed by atoms with Gasteiger partial charge in [0, 0.05) is 12.6 Å². The van der Waals surface area contributed by atoms with Crippen LogP contribution in [-0.4, -0.2) is 37.0 Å². The van der Waals surface area contributed by atoms with Gasteiger partial charge in [-0.25, -0.2) is 0 Å². The average Bonchev–Trinajstić information content (AvgIpc) is 2.47. The number of hydrogen-bond donors (Lipinski definition) is 3. The first-order chi connectivity index (χ1) is 9.65. The maximum atomic E-state index is 12.0. The number of amides is 2. The van der Waals surface area contributed by atoms with Crippen LogP contribution in [0, 0.1) is 0 Å². The molecule has 5 heteroatoms. The number of rotatable bonds is 5. The van der Waals surface area contributed by atoms with Crippen LogP contribution in [0.3, 0.4) is 0 Å². The molecular formula is C15H21N3O2. The molecule has 2 atom stereocenters. The van der Waals surface area contributed by atoms with E-state index >= 15 is 0 Å². The zero-order valence-electron chi connectivity index (χ0n) is 11.7. The van der Waals surface area contributed by atoms with Crippen molar-refractivity contribution in [3.05, 3.63) is 35.9 Å². The van der Waals surface area contributed by atoms with Crippen molar-refractivity contribution in [2.45, 2.75) is 31.8 Å². The van der Waals surface area contributed by atoms with Crippen molar-refractivity contribution < 1.29 is 9.59 Å². The monoisotopic (exact) mass is 275 g/mol. The van der Waals surface area contributed by atoms with E-state index in [1.54, 1.807) is 0 Å². The van der Waals surface area contributed by atoms with E-state index in [1.807, 2.05) is 25.1 Å². The molecule has 1 saturated heterocycles. The first kappa shape index (κ1) is 14.5. The van der Waals surface area contributed by atoms with E-state index in [0.29, 0.717) is 6.54 Å². The molecule has 5 nitrogen and oxygen atoms in total. The van der Waals surface area contributed by atoms with E-state index in [0.717, 1.165) is 12.8 Å². The minimum atomic E-state index is -0.327. The van der Waals surface area contributed by atoms with Gasteiger partial charge in [-0.1, -0.05) is 30.3 Å². The van der Waals surface area contributed by atoms with Crippen LogP contribution in [0.25, 0.3) is 0 Å². The van der Waals surface area contributed by atoms with Crippen molar-refractivity contribution in [2.75, 3.05) is 13.1 Å². The average molecular weight is 275 g/mol. The van der Waals surface area contributed by atoms with Gasteiger partial charge in [0.1, 0.15) is 6.04 Å². The highest BCUT2D eigenvalue weighted by atomic mass is 16.2. The van der Waals surface area contributed by atoms with Gasteiger partial charge in [0.2, 0.25) is 11.8 Å². The van der Waals surface area contributed by atoms with Gasteiger partial charge < -0.3 is 10.6 Å². The zero-order valence-corrected chi connectivity index (χ0v) is 11.7. The predicted molar refractivity (Wildman–Crippen MR) is 77.2 cm³/mol. The molecule has 0 radical (unpaired) electrons. The second kappa shape index (κ2) is 7.05. The first-order valence-corrected chi connectivity index (χ1v) is 6.99. The molecule has 2 amide bonds. The van der Waals surface area contributed by atoms with Gasteiger partial charge >= 0.3 is 0 Å². The molecule has 0 bridgehead atoms. The molecule has 3 N–H and O–H groups in total. The molecule has 1 aromatic carbocycles. The van der Waals surface area contributed by atoms with Crippen molar-refractivity contribution in [3.8, 4) is 0 Å². The molecule has 1 heterocycles. The maximum Gasteiger partial charge on any atom is 0.239 e. The number of aryl methyl sites for hydroxylation is 1. The van der Waals surface area contributed by atoms with Crippen molar-refractivity contribution in [2.24, 2.45) is 0 Å². The third kappa shape index (κ3) is 4.35. The normalized spacial score (nSPS) is 20.1. The molecule has 0 aliphatic carbocycles. The smallest absolute Gasteiger partial charge is 0.239 e. The molecule has 1 aromatic rings. The Labute approximate surface area is 119 Å². The fourth-order valence-corrected chi connectivity index (χ4v) is 2.20. The summed E-state index contributed by atoms with van der Waals surface area (Å²) < 4.78 is 0. The summed E-state index contributed by atoms with van der Waals surface area (Å²) in [7, 11) is 0. The Morgan fingerprint density at radius 1 is 1.40 bits per heavy atom. The highest BCUT2D eigenvalue weighted by Gasteiger charge is 2.24. The Morgan fingerprint density at radius 3 is 2.80 bits per heavy atom. The van der Waals surface area contributed by atoms with Gasteiger partial charge in [0.25, 0.3) is 0 Å². The first-order valence-electron chi connectivity index (χ1n) is 6.99. The number of benzene rings is 1. The van der Waals surface area contributed by atoms with Crippen molar-refractivity contribution >= 4 is 11.8 Å². The van der Waals surface area contributed by atoms with E-state index in [2.05, 4.69) is 28.1 Å². The number of piperazine rings is 1. The van der Waals surface area contributed by atoms with Crippen LogP contribution in [0.2, 0.25) is 0 Å². The summed E-state index contributed by atoms with van der Waals surface area (Å²) in [4.78, 5) is 23.0. The van der Waals surface area contributed by atoms with Crippen LogP contribution >= 0.6 is 0 Å². The Balaban J connectivity index is 1.72. The summed E-state index contributed by atoms with van der Waals surface area (Å²) >= 11 is 0. The largest absolute Gasteiger partial charge is 0.353 e. The summed E-state index contributed by atoms with van der Waals surface area (Å²) in [5, 5.41) is 8.59. The lowest BCUT2D eigenvalue weighted by Gasteiger charge is -2.25. The summed E-state index contributed by atoms with van der Waals surface area (Å²) in [6, 6.07) is 10.0. The number of carbonyl (C=O) groups excluding carboxylic acids is 2. The molecule has 0 aromatic heterocycles. The molecule has 1 fully saturated rings. The van der Waals surface area contributed by atoms with Crippen LogP contribution in [0.15, 0.2) is 30.3 Å². The van der Waals surface area contributed by atoms with Gasteiger partial charge in [-0.15, -0.1) is 0 Å². The summed E-state index contributed by atoms with van der Waals surface area (Å²) in [6.45, 7) is 2.56. The molecule has 1 aliphatic heterocycles. The number of hydrogen-bond acceptors (Lipinski definition) is 3. The zero-order chi connectivity index (χ0) is 14.4. The molecule has 1 aliphatic rings. The third-order valence-electron chi connectivity index (χ3n) is 3.43. The lowest BCUT2D eigenvalue weighted by molar-refractivity contribution is -0.127. The van der Waals surface area contributed by atoms with Gasteiger partial charge in [-0.3, -0.25) is 14.9 Å². The third-order valence-corrected chi connectivity index (χ3v) is 3.43. The van der Waals surface area contributed by atoms with E-state index in [1.165, 1.54) is 5.56 Å². The second-order valence-electron chi connectivity index (χ2n) is 5.17. The van der Waals surface area contributed by atoms with Crippen LogP contribution in [-0.2, 0) is 16.0 Å². The highest BCUT2D eigenvalue weighted by molar-refractivity contribution is 5.86. The maximum absolute atomic E-state index is 12.0.